The molecule has 4 N–H and O–H groups in total. The van der Waals surface area contributed by atoms with Crippen LogP contribution >= 0.6 is 0 Å². The average Bonchev–Trinajstić information content (AvgIpc) is 3.15. The first-order valence-electron chi connectivity index (χ1n) is 9.28. The third kappa shape index (κ3) is 3.11. The lowest BCUT2D eigenvalue weighted by molar-refractivity contribution is -0.136. The lowest BCUT2D eigenvalue weighted by atomic mass is 10.0. The second-order valence-electron chi connectivity index (χ2n) is 7.81. The molecule has 4 rings (SSSR count). The van der Waals surface area contributed by atoms with Crippen LogP contribution in [0.15, 0.2) is 18.2 Å². The zero-order chi connectivity index (χ0) is 20.1. The van der Waals surface area contributed by atoms with Crippen LogP contribution in [-0.4, -0.2) is 69.8 Å². The van der Waals surface area contributed by atoms with Gasteiger partial charge < -0.3 is 10.8 Å². The van der Waals surface area contributed by atoms with Gasteiger partial charge in [0.1, 0.15) is 6.04 Å². The molecule has 2 saturated heterocycles. The number of aliphatic hydroxyl groups excluding tert-OH is 1. The van der Waals surface area contributed by atoms with Gasteiger partial charge in [0.15, 0.2) is 0 Å². The number of benzene rings is 1. The number of fused-ring (bicyclic) bond motifs is 1. The third-order valence-electron chi connectivity index (χ3n) is 5.69. The van der Waals surface area contributed by atoms with E-state index in [1.807, 2.05) is 0 Å². The number of nitrogens with one attached hydrogen (secondary N) is 1. The first kappa shape index (κ1) is 18.7. The van der Waals surface area contributed by atoms with Gasteiger partial charge in [-0.1, -0.05) is 6.07 Å². The Kier molecular flexibility index (Phi) is 4.53. The summed E-state index contributed by atoms with van der Waals surface area (Å²) in [6.45, 7) is 1.76. The lowest BCUT2D eigenvalue weighted by Gasteiger charge is -2.27. The second kappa shape index (κ2) is 6.77. The summed E-state index contributed by atoms with van der Waals surface area (Å²) >= 11 is 0. The lowest BCUT2D eigenvalue weighted by Crippen LogP contribution is -2.54. The zero-order valence-corrected chi connectivity index (χ0v) is 15.3. The topological polar surface area (TPSA) is 133 Å². The molecule has 0 spiro atoms. The molecule has 3 aliphatic rings. The minimum Gasteiger partial charge on any atom is -0.394 e. The highest BCUT2D eigenvalue weighted by Gasteiger charge is 2.44. The summed E-state index contributed by atoms with van der Waals surface area (Å²) in [6, 6.07) is 4.11. The first-order valence-corrected chi connectivity index (χ1v) is 9.28. The van der Waals surface area contributed by atoms with Gasteiger partial charge >= 0.3 is 0 Å². The van der Waals surface area contributed by atoms with E-state index in [4.69, 9.17) is 5.73 Å². The molecule has 1 aromatic rings. The molecule has 148 valence electrons. The summed E-state index contributed by atoms with van der Waals surface area (Å²) in [5.74, 6) is -2.04. The SMILES string of the molecule is NC1(CO)CCN(Cc2ccc3c(c2)C(=O)N(C2CCC(=O)NC2=O)C3=O)C1. The van der Waals surface area contributed by atoms with Gasteiger partial charge in [0.2, 0.25) is 11.8 Å². The van der Waals surface area contributed by atoms with Crippen LogP contribution in [0.2, 0.25) is 0 Å². The normalized spacial score (nSPS) is 28.1. The van der Waals surface area contributed by atoms with Crippen molar-refractivity contribution in [3.05, 3.63) is 34.9 Å². The van der Waals surface area contributed by atoms with Gasteiger partial charge in [0.25, 0.3) is 11.8 Å². The van der Waals surface area contributed by atoms with Crippen LogP contribution in [0, 0.1) is 0 Å². The molecule has 2 fully saturated rings. The number of aliphatic hydroxyl groups is 1. The predicted molar refractivity (Wildman–Crippen MR) is 97.0 cm³/mol. The van der Waals surface area contributed by atoms with Crippen LogP contribution in [0.1, 0.15) is 45.5 Å². The standard InChI is InChI=1S/C19H22N4O5/c20-19(10-24)5-6-22(9-19)8-11-1-2-12-13(7-11)18(28)23(17(12)27)14-3-4-15(25)21-16(14)26/h1-2,7,14,24H,3-6,8-10,20H2,(H,21,25,26). The predicted octanol–water partition coefficient (Wildman–Crippen LogP) is -1.02. The summed E-state index contributed by atoms with van der Waals surface area (Å²) in [5, 5.41) is 11.6. The van der Waals surface area contributed by atoms with Gasteiger partial charge in [-0.3, -0.25) is 34.3 Å². The maximum atomic E-state index is 12.8. The Bertz CT molecular complexity index is 885. The van der Waals surface area contributed by atoms with Crippen LogP contribution in [0.3, 0.4) is 0 Å². The molecule has 2 unspecified atom stereocenters. The average molecular weight is 386 g/mol. The number of rotatable bonds is 4. The molecule has 4 amide bonds. The van der Waals surface area contributed by atoms with E-state index < -0.39 is 35.2 Å². The van der Waals surface area contributed by atoms with Crippen molar-refractivity contribution in [2.45, 2.75) is 37.4 Å². The van der Waals surface area contributed by atoms with Gasteiger partial charge in [-0.15, -0.1) is 0 Å². The molecule has 9 heteroatoms. The van der Waals surface area contributed by atoms with Crippen molar-refractivity contribution in [2.24, 2.45) is 5.73 Å². The third-order valence-corrected chi connectivity index (χ3v) is 5.69. The highest BCUT2D eigenvalue weighted by molar-refractivity contribution is 6.23. The van der Waals surface area contributed by atoms with E-state index in [-0.39, 0.29) is 30.6 Å². The van der Waals surface area contributed by atoms with Crippen molar-refractivity contribution in [3.63, 3.8) is 0 Å². The van der Waals surface area contributed by atoms with Crippen LogP contribution < -0.4 is 11.1 Å². The fourth-order valence-corrected chi connectivity index (χ4v) is 4.12. The first-order chi connectivity index (χ1) is 13.3. The fraction of sp³-hybridized carbons (Fsp3) is 0.474. The summed E-state index contributed by atoms with van der Waals surface area (Å²) in [4.78, 5) is 52.0. The van der Waals surface area contributed by atoms with E-state index in [1.165, 1.54) is 0 Å². The van der Waals surface area contributed by atoms with Crippen molar-refractivity contribution in [1.29, 1.82) is 0 Å². The molecule has 0 saturated carbocycles. The van der Waals surface area contributed by atoms with E-state index in [2.05, 4.69) is 10.2 Å². The fourth-order valence-electron chi connectivity index (χ4n) is 4.12. The molecule has 3 aliphatic heterocycles. The molecular weight excluding hydrogens is 364 g/mol. The van der Waals surface area contributed by atoms with Gasteiger partial charge in [-0.25, -0.2) is 0 Å². The number of nitrogens with zero attached hydrogens (tertiary/aromatic N) is 2. The monoisotopic (exact) mass is 386 g/mol. The Balaban J connectivity index is 1.53. The van der Waals surface area contributed by atoms with Gasteiger partial charge in [0.05, 0.1) is 23.3 Å². The van der Waals surface area contributed by atoms with Crippen molar-refractivity contribution in [2.75, 3.05) is 19.7 Å². The van der Waals surface area contributed by atoms with Crippen LogP contribution in [0.4, 0.5) is 0 Å². The molecule has 3 heterocycles. The summed E-state index contributed by atoms with van der Waals surface area (Å²) in [5.41, 5.74) is 6.88. The van der Waals surface area contributed by atoms with Crippen molar-refractivity contribution in [1.82, 2.24) is 15.1 Å². The molecule has 2 atom stereocenters. The summed E-state index contributed by atoms with van der Waals surface area (Å²) in [6.07, 6.45) is 0.918. The number of carbonyl (C=O) groups is 4. The number of nitrogens with two attached hydrogens (primary N) is 1. The van der Waals surface area contributed by atoms with E-state index >= 15 is 0 Å². The highest BCUT2D eigenvalue weighted by Crippen LogP contribution is 2.29. The van der Waals surface area contributed by atoms with Gasteiger partial charge in [-0.05, 0) is 30.5 Å². The van der Waals surface area contributed by atoms with Crippen LogP contribution in [0.5, 0.6) is 0 Å². The number of imide groups is 2. The van der Waals surface area contributed by atoms with Crippen LogP contribution in [-0.2, 0) is 16.1 Å². The summed E-state index contributed by atoms with van der Waals surface area (Å²) < 4.78 is 0. The number of hydrogen-bond donors (Lipinski definition) is 3. The molecule has 1 aromatic carbocycles. The van der Waals surface area contributed by atoms with Crippen molar-refractivity contribution >= 4 is 23.6 Å². The van der Waals surface area contributed by atoms with E-state index in [0.29, 0.717) is 19.5 Å². The van der Waals surface area contributed by atoms with E-state index in [9.17, 15) is 24.3 Å². The molecular formula is C19H22N4O5. The second-order valence-corrected chi connectivity index (χ2v) is 7.81. The number of carbonyl (C=O) groups excluding carboxylic acids is 4. The van der Waals surface area contributed by atoms with Gasteiger partial charge in [0, 0.05) is 26.1 Å². The Morgan fingerprint density at radius 2 is 1.93 bits per heavy atom. The quantitative estimate of drug-likeness (QED) is 0.564. The smallest absolute Gasteiger partial charge is 0.262 e. The minimum atomic E-state index is -0.963. The zero-order valence-electron chi connectivity index (χ0n) is 15.3. The largest absolute Gasteiger partial charge is 0.394 e. The van der Waals surface area contributed by atoms with E-state index in [1.54, 1.807) is 18.2 Å². The van der Waals surface area contributed by atoms with E-state index in [0.717, 1.165) is 17.0 Å². The molecule has 0 radical (unpaired) electrons. The van der Waals surface area contributed by atoms with Crippen molar-refractivity contribution in [3.8, 4) is 0 Å². The number of likely N-dealkylation sites (tertiary alicyclic amines) is 1. The maximum absolute atomic E-state index is 12.8. The molecule has 9 nitrogen and oxygen atoms in total. The van der Waals surface area contributed by atoms with Gasteiger partial charge in [-0.2, -0.15) is 0 Å². The Morgan fingerprint density at radius 3 is 2.61 bits per heavy atom. The minimum absolute atomic E-state index is 0.0818. The summed E-state index contributed by atoms with van der Waals surface area (Å²) in [7, 11) is 0. The Labute approximate surface area is 161 Å². The molecule has 0 aliphatic carbocycles. The number of amides is 4. The Hall–Kier alpha value is -2.62. The molecule has 0 bridgehead atoms. The van der Waals surface area contributed by atoms with Crippen molar-refractivity contribution < 1.29 is 24.3 Å². The molecule has 0 aromatic heterocycles. The highest BCUT2D eigenvalue weighted by atomic mass is 16.3. The number of hydrogen-bond acceptors (Lipinski definition) is 7. The van der Waals surface area contributed by atoms with Crippen LogP contribution in [0.25, 0.3) is 0 Å². The maximum Gasteiger partial charge on any atom is 0.262 e. The number of piperidine rings is 1. The Morgan fingerprint density at radius 1 is 1.18 bits per heavy atom. The molecule has 28 heavy (non-hydrogen) atoms.